The van der Waals surface area contributed by atoms with E-state index in [0.717, 1.165) is 30.9 Å². The van der Waals surface area contributed by atoms with Gasteiger partial charge in [-0.1, -0.05) is 24.3 Å². The van der Waals surface area contributed by atoms with Gasteiger partial charge in [0.2, 0.25) is 0 Å². The lowest BCUT2D eigenvalue weighted by Crippen LogP contribution is -2.29. The molecule has 1 atom stereocenters. The summed E-state index contributed by atoms with van der Waals surface area (Å²) in [6.07, 6.45) is 5.36. The summed E-state index contributed by atoms with van der Waals surface area (Å²) >= 11 is 6.61. The van der Waals surface area contributed by atoms with Gasteiger partial charge < -0.3 is 9.47 Å². The third kappa shape index (κ3) is 3.71. The maximum Gasteiger partial charge on any atom is 0.161 e. The van der Waals surface area contributed by atoms with E-state index in [-0.39, 0.29) is 6.04 Å². The number of nitrogens with zero attached hydrogens (tertiary/aromatic N) is 2. The normalized spacial score (nSPS) is 16.5. The zero-order chi connectivity index (χ0) is 19.5. The fourth-order valence-electron chi connectivity index (χ4n) is 3.81. The van der Waals surface area contributed by atoms with Gasteiger partial charge in [0.15, 0.2) is 11.5 Å². The van der Waals surface area contributed by atoms with Crippen LogP contribution in [-0.2, 0) is 12.8 Å². The lowest BCUT2D eigenvalue weighted by molar-refractivity contribution is 0.316. The third-order valence-electron chi connectivity index (χ3n) is 5.33. The summed E-state index contributed by atoms with van der Waals surface area (Å²) in [7, 11) is 3.33. The fourth-order valence-corrected chi connectivity index (χ4v) is 4.07. The highest BCUT2D eigenvalue weighted by Crippen LogP contribution is 2.40. The van der Waals surface area contributed by atoms with Crippen molar-refractivity contribution in [3.05, 3.63) is 77.6 Å². The smallest absolute Gasteiger partial charge is 0.161 e. The molecule has 2 aromatic carbocycles. The molecule has 0 radical (unpaired) electrons. The molecule has 4 nitrogen and oxygen atoms in total. The Labute approximate surface area is 170 Å². The molecule has 1 aromatic heterocycles. The highest BCUT2D eigenvalue weighted by molar-refractivity contribution is 6.13. The van der Waals surface area contributed by atoms with E-state index in [1.165, 1.54) is 27.8 Å². The molecule has 3 aromatic rings. The van der Waals surface area contributed by atoms with Crippen molar-refractivity contribution in [2.45, 2.75) is 18.9 Å². The van der Waals surface area contributed by atoms with E-state index in [1.807, 2.05) is 28.9 Å². The van der Waals surface area contributed by atoms with Crippen LogP contribution in [0.1, 0.15) is 22.7 Å². The highest BCUT2D eigenvalue weighted by Gasteiger charge is 2.28. The molecule has 144 valence electrons. The van der Waals surface area contributed by atoms with Crippen LogP contribution in [0, 0.1) is 0 Å². The number of pyridine rings is 1. The molecule has 1 aliphatic heterocycles. The van der Waals surface area contributed by atoms with Crippen molar-refractivity contribution >= 4 is 11.8 Å². The maximum atomic E-state index is 6.61. The molecule has 0 N–H and O–H groups in total. The number of hydrogen-bond acceptors (Lipinski definition) is 4. The van der Waals surface area contributed by atoms with Gasteiger partial charge >= 0.3 is 0 Å². The Hall–Kier alpha value is -2.56. The Balaban J connectivity index is 1.61. The van der Waals surface area contributed by atoms with Gasteiger partial charge in [0.25, 0.3) is 0 Å². The zero-order valence-electron chi connectivity index (χ0n) is 16.1. The van der Waals surface area contributed by atoms with Gasteiger partial charge in [-0.05, 0) is 76.7 Å². The van der Waals surface area contributed by atoms with Crippen molar-refractivity contribution in [1.82, 2.24) is 9.40 Å². The summed E-state index contributed by atoms with van der Waals surface area (Å²) in [5.41, 5.74) is 6.07. The van der Waals surface area contributed by atoms with E-state index in [1.54, 1.807) is 14.2 Å². The summed E-state index contributed by atoms with van der Waals surface area (Å²) < 4.78 is 12.9. The number of ether oxygens (including phenoxy) is 2. The maximum absolute atomic E-state index is 6.61. The van der Waals surface area contributed by atoms with Crippen LogP contribution >= 0.6 is 11.8 Å². The summed E-state index contributed by atoms with van der Waals surface area (Å²) in [5, 5.41) is 0. The first kappa shape index (κ1) is 18.8. The molecule has 0 saturated carbocycles. The Morgan fingerprint density at radius 3 is 2.29 bits per heavy atom. The molecule has 0 spiro atoms. The third-order valence-corrected chi connectivity index (χ3v) is 5.74. The number of rotatable bonds is 5. The van der Waals surface area contributed by atoms with E-state index in [2.05, 4.69) is 41.4 Å². The number of aromatic nitrogens is 1. The average molecular weight is 395 g/mol. The predicted octanol–water partition coefficient (Wildman–Crippen LogP) is 5.06. The lowest BCUT2D eigenvalue weighted by Gasteiger charge is -2.33. The molecule has 1 unspecified atom stereocenters. The van der Waals surface area contributed by atoms with Crippen molar-refractivity contribution in [2.24, 2.45) is 0 Å². The largest absolute Gasteiger partial charge is 0.493 e. The molecule has 4 rings (SSSR count). The summed E-state index contributed by atoms with van der Waals surface area (Å²) in [6.45, 7) is 0.809. The SMILES string of the molecule is COc1cc2c(cc1OC)C(Cc1ccc(-c3ccncc3)cc1)N(Cl)CC2. The molecule has 0 aliphatic carbocycles. The van der Waals surface area contributed by atoms with Crippen molar-refractivity contribution in [1.29, 1.82) is 0 Å². The van der Waals surface area contributed by atoms with E-state index in [0.29, 0.717) is 0 Å². The molecule has 5 heteroatoms. The fraction of sp³-hybridized carbons (Fsp3) is 0.261. The van der Waals surface area contributed by atoms with Crippen molar-refractivity contribution in [3.63, 3.8) is 0 Å². The molecule has 0 saturated heterocycles. The second-order valence-electron chi connectivity index (χ2n) is 6.93. The van der Waals surface area contributed by atoms with Crippen LogP contribution in [0.2, 0.25) is 0 Å². The minimum atomic E-state index is 0.0944. The number of fused-ring (bicyclic) bond motifs is 1. The molecule has 28 heavy (non-hydrogen) atoms. The van der Waals surface area contributed by atoms with Gasteiger partial charge in [-0.25, -0.2) is 4.42 Å². The first-order valence-corrected chi connectivity index (χ1v) is 9.70. The van der Waals surface area contributed by atoms with E-state index in [4.69, 9.17) is 21.3 Å². The summed E-state index contributed by atoms with van der Waals surface area (Å²) in [5.74, 6) is 1.51. The van der Waals surface area contributed by atoms with Crippen LogP contribution in [0.15, 0.2) is 60.9 Å². The minimum absolute atomic E-state index is 0.0944. The van der Waals surface area contributed by atoms with Crippen LogP contribution in [-0.4, -0.2) is 30.2 Å². The number of halogens is 1. The second-order valence-corrected chi connectivity index (χ2v) is 7.37. The molecular weight excluding hydrogens is 372 g/mol. The zero-order valence-corrected chi connectivity index (χ0v) is 16.8. The summed E-state index contributed by atoms with van der Waals surface area (Å²) in [6, 6.07) is 16.9. The molecule has 0 amide bonds. The van der Waals surface area contributed by atoms with Gasteiger partial charge in [0.05, 0.1) is 20.3 Å². The van der Waals surface area contributed by atoms with E-state index < -0.39 is 0 Å². The molecule has 0 fully saturated rings. The standard InChI is InChI=1S/C23H23ClN2O2/c1-27-22-14-19-9-12-26(24)21(20(19)15-23(22)28-2)13-16-3-5-17(6-4-16)18-7-10-25-11-8-18/h3-8,10-11,14-15,21H,9,12-13H2,1-2H3. The van der Waals surface area contributed by atoms with Crippen molar-refractivity contribution in [3.8, 4) is 22.6 Å². The Morgan fingerprint density at radius 2 is 1.61 bits per heavy atom. The lowest BCUT2D eigenvalue weighted by atomic mass is 9.89. The van der Waals surface area contributed by atoms with Crippen LogP contribution in [0.25, 0.3) is 11.1 Å². The van der Waals surface area contributed by atoms with Crippen LogP contribution < -0.4 is 9.47 Å². The van der Waals surface area contributed by atoms with Gasteiger partial charge in [-0.15, -0.1) is 0 Å². The van der Waals surface area contributed by atoms with E-state index >= 15 is 0 Å². The van der Waals surface area contributed by atoms with Crippen LogP contribution in [0.4, 0.5) is 0 Å². The number of hydrogen-bond donors (Lipinski definition) is 0. The monoisotopic (exact) mass is 394 g/mol. The molecule has 2 heterocycles. The summed E-state index contributed by atoms with van der Waals surface area (Å²) in [4.78, 5) is 4.08. The first-order chi connectivity index (χ1) is 13.7. The minimum Gasteiger partial charge on any atom is -0.493 e. The Bertz CT molecular complexity index is 945. The Morgan fingerprint density at radius 1 is 0.964 bits per heavy atom. The van der Waals surface area contributed by atoms with Gasteiger partial charge in [-0.2, -0.15) is 0 Å². The van der Waals surface area contributed by atoms with Crippen LogP contribution in [0.3, 0.4) is 0 Å². The van der Waals surface area contributed by atoms with Gasteiger partial charge in [-0.3, -0.25) is 4.98 Å². The molecule has 0 bridgehead atoms. The topological polar surface area (TPSA) is 34.6 Å². The predicted molar refractivity (Wildman–Crippen MR) is 112 cm³/mol. The first-order valence-electron chi connectivity index (χ1n) is 9.36. The highest BCUT2D eigenvalue weighted by atomic mass is 35.5. The van der Waals surface area contributed by atoms with Gasteiger partial charge in [0, 0.05) is 18.9 Å². The molecular formula is C23H23ClN2O2. The Kier molecular flexibility index (Phi) is 5.51. The van der Waals surface area contributed by atoms with Crippen molar-refractivity contribution in [2.75, 3.05) is 20.8 Å². The van der Waals surface area contributed by atoms with E-state index in [9.17, 15) is 0 Å². The number of benzene rings is 2. The number of methoxy groups -OCH3 is 2. The van der Waals surface area contributed by atoms with Crippen molar-refractivity contribution < 1.29 is 9.47 Å². The average Bonchev–Trinajstić information content (AvgIpc) is 2.76. The molecule has 1 aliphatic rings. The van der Waals surface area contributed by atoms with Gasteiger partial charge in [0.1, 0.15) is 0 Å². The second kappa shape index (κ2) is 8.21. The van der Waals surface area contributed by atoms with Crippen LogP contribution in [0.5, 0.6) is 11.5 Å². The quantitative estimate of drug-likeness (QED) is 0.566.